The van der Waals surface area contributed by atoms with Crippen LogP contribution in [0.5, 0.6) is 0 Å². The molecule has 2 aromatic heterocycles. The lowest BCUT2D eigenvalue weighted by Crippen LogP contribution is -2.09. The molecule has 0 aliphatic heterocycles. The SMILES string of the molecule is CCOC(=O)c1ncc2[nH]c3cccc(C=O)c3c2c1C. The van der Waals surface area contributed by atoms with Gasteiger partial charge >= 0.3 is 5.97 Å². The summed E-state index contributed by atoms with van der Waals surface area (Å²) in [4.78, 5) is 30.6. The smallest absolute Gasteiger partial charge is 0.357 e. The van der Waals surface area contributed by atoms with Gasteiger partial charge in [-0.2, -0.15) is 0 Å². The third-order valence-corrected chi connectivity index (χ3v) is 3.53. The predicted molar refractivity (Wildman–Crippen MR) is 79.7 cm³/mol. The molecule has 0 spiro atoms. The minimum absolute atomic E-state index is 0.283. The maximum Gasteiger partial charge on any atom is 0.357 e. The van der Waals surface area contributed by atoms with Crippen molar-refractivity contribution in [2.75, 3.05) is 6.61 Å². The predicted octanol–water partition coefficient (Wildman–Crippen LogP) is 3.01. The second-order valence-corrected chi connectivity index (χ2v) is 4.75. The zero-order valence-corrected chi connectivity index (χ0v) is 11.8. The number of nitrogens with one attached hydrogen (secondary N) is 1. The number of rotatable bonds is 3. The number of benzene rings is 1. The molecule has 0 bridgehead atoms. The molecule has 0 radical (unpaired) electrons. The Morgan fingerprint density at radius 2 is 2.14 bits per heavy atom. The Hall–Kier alpha value is -2.69. The Morgan fingerprint density at radius 1 is 1.33 bits per heavy atom. The first-order valence-corrected chi connectivity index (χ1v) is 6.69. The van der Waals surface area contributed by atoms with Gasteiger partial charge in [0.25, 0.3) is 0 Å². The van der Waals surface area contributed by atoms with E-state index in [0.29, 0.717) is 17.7 Å². The normalized spacial score (nSPS) is 11.0. The first kappa shape index (κ1) is 13.3. The average Bonchev–Trinajstić information content (AvgIpc) is 2.86. The summed E-state index contributed by atoms with van der Waals surface area (Å²) in [6.07, 6.45) is 2.42. The van der Waals surface area contributed by atoms with Crippen LogP contribution in [0.4, 0.5) is 0 Å². The van der Waals surface area contributed by atoms with Crippen molar-refractivity contribution in [2.24, 2.45) is 0 Å². The van der Waals surface area contributed by atoms with Crippen molar-refractivity contribution in [1.82, 2.24) is 9.97 Å². The molecule has 1 N–H and O–H groups in total. The molecule has 3 aromatic rings. The maximum absolute atomic E-state index is 12.0. The number of nitrogens with zero attached hydrogens (tertiary/aromatic N) is 1. The lowest BCUT2D eigenvalue weighted by atomic mass is 10.0. The van der Waals surface area contributed by atoms with E-state index in [-0.39, 0.29) is 5.69 Å². The average molecular weight is 282 g/mol. The topological polar surface area (TPSA) is 72.0 Å². The van der Waals surface area contributed by atoms with Crippen molar-refractivity contribution >= 4 is 34.1 Å². The van der Waals surface area contributed by atoms with E-state index < -0.39 is 5.97 Å². The minimum Gasteiger partial charge on any atom is -0.461 e. The molecule has 0 aliphatic rings. The van der Waals surface area contributed by atoms with Crippen LogP contribution < -0.4 is 0 Å². The molecule has 0 unspecified atom stereocenters. The number of carbonyl (C=O) groups excluding carboxylic acids is 2. The Kier molecular flexibility index (Phi) is 3.17. The second-order valence-electron chi connectivity index (χ2n) is 4.75. The molecule has 5 nitrogen and oxygen atoms in total. The summed E-state index contributed by atoms with van der Waals surface area (Å²) < 4.78 is 5.02. The van der Waals surface area contributed by atoms with Gasteiger partial charge in [0, 0.05) is 21.9 Å². The molecule has 2 heterocycles. The summed E-state index contributed by atoms with van der Waals surface area (Å²) in [6.45, 7) is 3.86. The van der Waals surface area contributed by atoms with Gasteiger partial charge in [-0.05, 0) is 25.5 Å². The van der Waals surface area contributed by atoms with Crippen molar-refractivity contribution in [3.05, 3.63) is 41.2 Å². The summed E-state index contributed by atoms with van der Waals surface area (Å²) in [7, 11) is 0. The Morgan fingerprint density at radius 3 is 2.86 bits per heavy atom. The molecule has 106 valence electrons. The van der Waals surface area contributed by atoms with Gasteiger partial charge in [-0.25, -0.2) is 9.78 Å². The molecule has 0 amide bonds. The minimum atomic E-state index is -0.449. The van der Waals surface area contributed by atoms with Crippen LogP contribution in [0.25, 0.3) is 21.8 Å². The van der Waals surface area contributed by atoms with Crippen LogP contribution >= 0.6 is 0 Å². The van der Waals surface area contributed by atoms with Gasteiger partial charge in [0.2, 0.25) is 0 Å². The Balaban J connectivity index is 2.38. The summed E-state index contributed by atoms with van der Waals surface area (Å²) in [5.41, 5.74) is 3.23. The molecule has 0 atom stereocenters. The fourth-order valence-electron chi connectivity index (χ4n) is 2.63. The van der Waals surface area contributed by atoms with Crippen molar-refractivity contribution in [3.8, 4) is 0 Å². The van der Waals surface area contributed by atoms with Gasteiger partial charge in [0.05, 0.1) is 18.3 Å². The Labute approximate surface area is 120 Å². The third-order valence-electron chi connectivity index (χ3n) is 3.53. The van der Waals surface area contributed by atoms with Crippen LogP contribution in [0.15, 0.2) is 24.4 Å². The molecular formula is C16H14N2O3. The van der Waals surface area contributed by atoms with Crippen molar-refractivity contribution in [1.29, 1.82) is 0 Å². The number of aromatic amines is 1. The lowest BCUT2D eigenvalue weighted by Gasteiger charge is -2.06. The number of esters is 1. The standard InChI is InChI=1S/C16H14N2O3/c1-3-21-16(20)15-9(2)13-12(7-17-15)18-11-6-4-5-10(8-19)14(11)13/h4-8,18H,3H2,1-2H3. The molecular weight excluding hydrogens is 268 g/mol. The van der Waals surface area contributed by atoms with Crippen LogP contribution in [0.2, 0.25) is 0 Å². The maximum atomic E-state index is 12.0. The van der Waals surface area contributed by atoms with E-state index >= 15 is 0 Å². The van der Waals surface area contributed by atoms with Crippen LogP contribution in [0.3, 0.4) is 0 Å². The summed E-state index contributed by atoms with van der Waals surface area (Å²) in [5.74, 6) is -0.449. The largest absolute Gasteiger partial charge is 0.461 e. The molecule has 5 heteroatoms. The number of ether oxygens (including phenoxy) is 1. The summed E-state index contributed by atoms with van der Waals surface area (Å²) in [5, 5.41) is 1.65. The number of aromatic nitrogens is 2. The van der Waals surface area contributed by atoms with Crippen molar-refractivity contribution in [3.63, 3.8) is 0 Å². The zero-order valence-electron chi connectivity index (χ0n) is 11.8. The second kappa shape index (κ2) is 5.01. The highest BCUT2D eigenvalue weighted by molar-refractivity contribution is 6.16. The molecule has 0 saturated heterocycles. The fourth-order valence-corrected chi connectivity index (χ4v) is 2.63. The van der Waals surface area contributed by atoms with Gasteiger partial charge in [-0.3, -0.25) is 4.79 Å². The number of pyridine rings is 1. The quantitative estimate of drug-likeness (QED) is 0.592. The van der Waals surface area contributed by atoms with Crippen LogP contribution in [-0.2, 0) is 4.74 Å². The molecule has 0 fully saturated rings. The van der Waals surface area contributed by atoms with E-state index in [1.165, 1.54) is 0 Å². The molecule has 3 rings (SSSR count). The van der Waals surface area contributed by atoms with E-state index in [4.69, 9.17) is 4.74 Å². The van der Waals surface area contributed by atoms with Crippen LogP contribution in [0.1, 0.15) is 33.3 Å². The van der Waals surface area contributed by atoms with E-state index in [1.807, 2.05) is 19.1 Å². The fraction of sp³-hybridized carbons (Fsp3) is 0.188. The highest BCUT2D eigenvalue weighted by Gasteiger charge is 2.18. The van der Waals surface area contributed by atoms with E-state index in [9.17, 15) is 9.59 Å². The van der Waals surface area contributed by atoms with Crippen LogP contribution in [0, 0.1) is 6.92 Å². The lowest BCUT2D eigenvalue weighted by molar-refractivity contribution is 0.0519. The summed E-state index contributed by atoms with van der Waals surface area (Å²) >= 11 is 0. The van der Waals surface area contributed by atoms with Gasteiger partial charge in [-0.15, -0.1) is 0 Å². The number of hydrogen-bond donors (Lipinski definition) is 1. The summed E-state index contributed by atoms with van der Waals surface area (Å²) in [6, 6.07) is 5.47. The van der Waals surface area contributed by atoms with E-state index in [1.54, 1.807) is 19.2 Å². The van der Waals surface area contributed by atoms with E-state index in [0.717, 1.165) is 28.1 Å². The number of H-pyrrole nitrogens is 1. The third kappa shape index (κ3) is 1.98. The first-order valence-electron chi connectivity index (χ1n) is 6.69. The molecule has 1 aromatic carbocycles. The molecule has 21 heavy (non-hydrogen) atoms. The van der Waals surface area contributed by atoms with Gasteiger partial charge < -0.3 is 9.72 Å². The van der Waals surface area contributed by atoms with Crippen molar-refractivity contribution in [2.45, 2.75) is 13.8 Å². The zero-order chi connectivity index (χ0) is 15.0. The highest BCUT2D eigenvalue weighted by Crippen LogP contribution is 2.31. The number of carbonyl (C=O) groups is 2. The van der Waals surface area contributed by atoms with Gasteiger partial charge in [-0.1, -0.05) is 12.1 Å². The Bertz CT molecular complexity index is 865. The van der Waals surface area contributed by atoms with Crippen LogP contribution in [-0.4, -0.2) is 28.8 Å². The molecule has 0 aliphatic carbocycles. The van der Waals surface area contributed by atoms with Gasteiger partial charge in [0.1, 0.15) is 0 Å². The molecule has 0 saturated carbocycles. The first-order chi connectivity index (χ1) is 10.2. The monoisotopic (exact) mass is 282 g/mol. The number of fused-ring (bicyclic) bond motifs is 3. The number of aryl methyl sites for hydroxylation is 1. The number of hydrogen-bond acceptors (Lipinski definition) is 4. The van der Waals surface area contributed by atoms with Crippen molar-refractivity contribution < 1.29 is 14.3 Å². The highest BCUT2D eigenvalue weighted by atomic mass is 16.5. The number of aldehydes is 1. The van der Waals surface area contributed by atoms with Gasteiger partial charge in [0.15, 0.2) is 12.0 Å². The van der Waals surface area contributed by atoms with E-state index in [2.05, 4.69) is 9.97 Å².